The van der Waals surface area contributed by atoms with E-state index in [-0.39, 0.29) is 0 Å². The van der Waals surface area contributed by atoms with Gasteiger partial charge in [0.1, 0.15) is 17.1 Å². The Kier molecular flexibility index (Phi) is 4.41. The number of para-hydroxylation sites is 2. The summed E-state index contributed by atoms with van der Waals surface area (Å²) in [6.45, 7) is 0.686. The summed E-state index contributed by atoms with van der Waals surface area (Å²) < 4.78 is 7.79. The van der Waals surface area contributed by atoms with E-state index in [4.69, 9.17) is 16.3 Å². The summed E-state index contributed by atoms with van der Waals surface area (Å²) in [5, 5.41) is 10.8. The van der Waals surface area contributed by atoms with E-state index in [1.165, 1.54) is 0 Å². The summed E-state index contributed by atoms with van der Waals surface area (Å²) in [5.41, 5.74) is 5.99. The third kappa shape index (κ3) is 3.12. The van der Waals surface area contributed by atoms with E-state index in [1.54, 1.807) is 7.11 Å². The van der Waals surface area contributed by atoms with E-state index in [0.29, 0.717) is 11.6 Å². The smallest absolute Gasteiger partial charge is 0.123 e. The highest BCUT2D eigenvalue weighted by Gasteiger charge is 2.20. The zero-order chi connectivity index (χ0) is 19.8. The third-order valence-corrected chi connectivity index (χ3v) is 5.42. The second-order valence-corrected chi connectivity index (χ2v) is 7.34. The van der Waals surface area contributed by atoms with Crippen molar-refractivity contribution < 1.29 is 4.74 Å². The lowest BCUT2D eigenvalue weighted by Crippen LogP contribution is -2.05. The van der Waals surface area contributed by atoms with Crippen molar-refractivity contribution in [3.8, 4) is 28.3 Å². The van der Waals surface area contributed by atoms with Crippen LogP contribution in [0.25, 0.3) is 33.4 Å². The molecule has 0 aliphatic carbocycles. The minimum atomic E-state index is 0.686. The van der Waals surface area contributed by atoms with Crippen molar-refractivity contribution in [1.82, 2.24) is 14.8 Å². The molecule has 4 nitrogen and oxygen atoms in total. The lowest BCUT2D eigenvalue weighted by Gasteiger charge is -2.16. The lowest BCUT2D eigenvalue weighted by atomic mass is 10.0. The van der Waals surface area contributed by atoms with E-state index >= 15 is 0 Å². The Morgan fingerprint density at radius 1 is 0.862 bits per heavy atom. The molecule has 5 rings (SSSR count). The summed E-state index contributed by atoms with van der Waals surface area (Å²) in [6.07, 6.45) is 2.13. The number of ether oxygens (including phenoxy) is 1. The first-order chi connectivity index (χ1) is 14.2. The van der Waals surface area contributed by atoms with Crippen LogP contribution in [-0.4, -0.2) is 21.9 Å². The van der Waals surface area contributed by atoms with Gasteiger partial charge in [-0.3, -0.25) is 0 Å². The van der Waals surface area contributed by atoms with Crippen molar-refractivity contribution in [3.63, 3.8) is 0 Å². The Balaban J connectivity index is 1.72. The Bertz CT molecular complexity index is 1280. The van der Waals surface area contributed by atoms with Gasteiger partial charge in [0, 0.05) is 33.3 Å². The number of rotatable bonds is 4. The summed E-state index contributed by atoms with van der Waals surface area (Å²) in [6, 6.07) is 24.1. The van der Waals surface area contributed by atoms with E-state index < -0.39 is 0 Å². The van der Waals surface area contributed by atoms with Crippen LogP contribution in [0.1, 0.15) is 5.56 Å². The van der Waals surface area contributed by atoms with Gasteiger partial charge in [0.2, 0.25) is 0 Å². The van der Waals surface area contributed by atoms with Crippen LogP contribution in [-0.2, 0) is 6.54 Å². The second kappa shape index (κ2) is 7.22. The van der Waals surface area contributed by atoms with Crippen molar-refractivity contribution in [1.29, 1.82) is 0 Å². The van der Waals surface area contributed by atoms with Crippen LogP contribution < -0.4 is 4.74 Å². The first-order valence-electron chi connectivity index (χ1n) is 9.36. The summed E-state index contributed by atoms with van der Waals surface area (Å²) in [4.78, 5) is 0. The minimum Gasteiger partial charge on any atom is -0.496 e. The van der Waals surface area contributed by atoms with Gasteiger partial charge >= 0.3 is 0 Å². The molecule has 0 unspecified atom stereocenters. The molecule has 2 aliphatic heterocycles. The highest BCUT2D eigenvalue weighted by atomic mass is 35.5. The first-order valence-corrected chi connectivity index (χ1v) is 9.74. The third-order valence-electron chi connectivity index (χ3n) is 5.16. The molecule has 0 atom stereocenters. The molecule has 0 radical (unpaired) electrons. The van der Waals surface area contributed by atoms with Gasteiger partial charge in [-0.05, 0) is 24.3 Å². The van der Waals surface area contributed by atoms with E-state index in [1.807, 2.05) is 54.6 Å². The standard InChI is InChI=1S/C24H18ClN3O/c1-29-22-9-5-2-6-17(22)14-28-15-20-23(16-10-12-18(25)13-11-16)26-27-24(20)19-7-3-4-8-21(19)28/h2-13,15H,14H2,1H3. The molecule has 0 spiro atoms. The molecule has 2 aliphatic rings. The number of halogens is 1. The van der Waals surface area contributed by atoms with Crippen molar-refractivity contribution in [2.45, 2.75) is 6.54 Å². The monoisotopic (exact) mass is 399 g/mol. The maximum absolute atomic E-state index is 6.06. The van der Waals surface area contributed by atoms with Crippen molar-refractivity contribution in [2.24, 2.45) is 0 Å². The molecule has 0 saturated carbocycles. The maximum atomic E-state index is 6.06. The van der Waals surface area contributed by atoms with Crippen molar-refractivity contribution in [2.75, 3.05) is 7.11 Å². The summed E-state index contributed by atoms with van der Waals surface area (Å²) in [7, 11) is 1.70. The number of nitrogens with zero attached hydrogens (tertiary/aromatic N) is 3. The zero-order valence-corrected chi connectivity index (χ0v) is 16.6. The van der Waals surface area contributed by atoms with Gasteiger partial charge in [0.05, 0.1) is 19.2 Å². The Morgan fingerprint density at radius 3 is 2.41 bits per heavy atom. The molecule has 0 fully saturated rings. The van der Waals surface area contributed by atoms with Crippen LogP contribution in [0.2, 0.25) is 5.02 Å². The zero-order valence-electron chi connectivity index (χ0n) is 15.8. The van der Waals surface area contributed by atoms with Crippen LogP contribution in [0.3, 0.4) is 0 Å². The van der Waals surface area contributed by atoms with Gasteiger partial charge in [0.15, 0.2) is 0 Å². The molecule has 5 heteroatoms. The number of methoxy groups -OCH3 is 1. The van der Waals surface area contributed by atoms with Crippen LogP contribution >= 0.6 is 11.6 Å². The van der Waals surface area contributed by atoms with Gasteiger partial charge in [-0.15, -0.1) is 10.2 Å². The molecule has 142 valence electrons. The van der Waals surface area contributed by atoms with Crippen LogP contribution in [0, 0.1) is 0 Å². The predicted molar refractivity (Wildman–Crippen MR) is 117 cm³/mol. The Labute approximate surface area is 173 Å². The fourth-order valence-corrected chi connectivity index (χ4v) is 3.89. The summed E-state index contributed by atoms with van der Waals surface area (Å²) in [5.74, 6) is 0.876. The second-order valence-electron chi connectivity index (χ2n) is 6.90. The molecule has 0 amide bonds. The number of pyridine rings is 1. The predicted octanol–water partition coefficient (Wildman–Crippen LogP) is 5.91. The van der Waals surface area contributed by atoms with Crippen LogP contribution in [0.4, 0.5) is 0 Å². The lowest BCUT2D eigenvalue weighted by molar-refractivity contribution is 0.408. The highest BCUT2D eigenvalue weighted by Crippen LogP contribution is 2.37. The Morgan fingerprint density at radius 2 is 1.59 bits per heavy atom. The van der Waals surface area contributed by atoms with E-state index in [0.717, 1.165) is 44.7 Å². The molecule has 0 bridgehead atoms. The molecular weight excluding hydrogens is 382 g/mol. The highest BCUT2D eigenvalue weighted by molar-refractivity contribution is 6.30. The SMILES string of the molecule is COc1ccccc1Cn1cc2c(-c3ccc(Cl)cc3)nnc-2c2ccccc21. The molecule has 29 heavy (non-hydrogen) atoms. The van der Waals surface area contributed by atoms with Gasteiger partial charge in [-0.1, -0.05) is 60.1 Å². The molecule has 0 aromatic heterocycles. The molecule has 2 heterocycles. The van der Waals surface area contributed by atoms with Crippen molar-refractivity contribution in [3.05, 3.63) is 89.6 Å². The van der Waals surface area contributed by atoms with Crippen LogP contribution in [0.15, 0.2) is 79.0 Å². The minimum absolute atomic E-state index is 0.686. The normalized spacial score (nSPS) is 11.2. The largest absolute Gasteiger partial charge is 0.496 e. The van der Waals surface area contributed by atoms with Crippen LogP contribution in [0.5, 0.6) is 5.75 Å². The summed E-state index contributed by atoms with van der Waals surface area (Å²) >= 11 is 6.06. The fraction of sp³-hybridized carbons (Fsp3) is 0.0833. The van der Waals surface area contributed by atoms with Crippen molar-refractivity contribution >= 4 is 22.5 Å². The number of benzene rings is 3. The molecular formula is C24H18ClN3O. The van der Waals surface area contributed by atoms with Gasteiger partial charge < -0.3 is 9.30 Å². The number of hydrogen-bond donors (Lipinski definition) is 0. The number of fused-ring (bicyclic) bond motifs is 3. The quantitative estimate of drug-likeness (QED) is 0.377. The first kappa shape index (κ1) is 17.7. The van der Waals surface area contributed by atoms with E-state index in [9.17, 15) is 0 Å². The molecule has 0 saturated heterocycles. The molecule has 0 N–H and O–H groups in total. The van der Waals surface area contributed by atoms with Gasteiger partial charge in [-0.2, -0.15) is 0 Å². The average molecular weight is 400 g/mol. The molecule has 3 aromatic rings. The van der Waals surface area contributed by atoms with Gasteiger partial charge in [0.25, 0.3) is 0 Å². The average Bonchev–Trinajstić information content (AvgIpc) is 3.19. The molecule has 3 aromatic carbocycles. The topological polar surface area (TPSA) is 39.9 Å². The van der Waals surface area contributed by atoms with Gasteiger partial charge in [-0.25, -0.2) is 0 Å². The van der Waals surface area contributed by atoms with E-state index in [2.05, 4.69) is 39.2 Å². The fourth-order valence-electron chi connectivity index (χ4n) is 3.76. The number of aromatic nitrogens is 3. The Hall–Kier alpha value is -3.37. The maximum Gasteiger partial charge on any atom is 0.123 e. The number of hydrogen-bond acceptors (Lipinski definition) is 3.